The van der Waals surface area contributed by atoms with Crippen molar-refractivity contribution in [3.63, 3.8) is 0 Å². The Kier molecular flexibility index (Phi) is 4.14. The van der Waals surface area contributed by atoms with Gasteiger partial charge in [-0.2, -0.15) is 0 Å². The van der Waals surface area contributed by atoms with E-state index in [2.05, 4.69) is 0 Å². The molecule has 0 spiro atoms. The zero-order valence-electron chi connectivity index (χ0n) is 10.8. The summed E-state index contributed by atoms with van der Waals surface area (Å²) in [6, 6.07) is 17.6. The smallest absolute Gasteiger partial charge is 0.310 e. The van der Waals surface area contributed by atoms with Crippen LogP contribution in [-0.4, -0.2) is 11.1 Å². The quantitative estimate of drug-likeness (QED) is 0.834. The fourth-order valence-corrected chi connectivity index (χ4v) is 1.83. The van der Waals surface area contributed by atoms with Gasteiger partial charge in [0.15, 0.2) is 0 Å². The van der Waals surface area contributed by atoms with Crippen LogP contribution in [0.25, 0.3) is 12.2 Å². The van der Waals surface area contributed by atoms with Crippen molar-refractivity contribution < 1.29 is 9.90 Å². The molecule has 0 aromatic heterocycles. The van der Waals surface area contributed by atoms with Crippen LogP contribution in [0.5, 0.6) is 0 Å². The van der Waals surface area contributed by atoms with Crippen LogP contribution in [-0.2, 0) is 4.79 Å². The Labute approximate surface area is 113 Å². The summed E-state index contributed by atoms with van der Waals surface area (Å²) in [5.41, 5.74) is 2.95. The molecule has 2 aromatic carbocycles. The van der Waals surface area contributed by atoms with Crippen molar-refractivity contribution >= 4 is 18.1 Å². The van der Waals surface area contributed by atoms with Crippen LogP contribution in [0.15, 0.2) is 54.6 Å². The van der Waals surface area contributed by atoms with Crippen LogP contribution in [0.4, 0.5) is 0 Å². The molecule has 0 saturated carbocycles. The molecular weight excluding hydrogens is 236 g/mol. The SMILES string of the molecule is CC(C(=O)O)c1cccc(C=Cc2ccccc2)c1. The molecule has 96 valence electrons. The van der Waals surface area contributed by atoms with E-state index >= 15 is 0 Å². The highest BCUT2D eigenvalue weighted by Crippen LogP contribution is 2.18. The lowest BCUT2D eigenvalue weighted by molar-refractivity contribution is -0.138. The van der Waals surface area contributed by atoms with E-state index < -0.39 is 11.9 Å². The molecule has 2 heteroatoms. The highest BCUT2D eigenvalue weighted by molar-refractivity contribution is 5.76. The summed E-state index contributed by atoms with van der Waals surface area (Å²) in [5.74, 6) is -1.28. The summed E-state index contributed by atoms with van der Waals surface area (Å²) >= 11 is 0. The maximum atomic E-state index is 11.0. The third kappa shape index (κ3) is 3.55. The van der Waals surface area contributed by atoms with Gasteiger partial charge in [-0.15, -0.1) is 0 Å². The molecular formula is C17H16O2. The van der Waals surface area contributed by atoms with Crippen LogP contribution in [0, 0.1) is 0 Å². The molecule has 0 fully saturated rings. The van der Waals surface area contributed by atoms with Crippen molar-refractivity contribution in [2.45, 2.75) is 12.8 Å². The second kappa shape index (κ2) is 6.01. The Morgan fingerprint density at radius 3 is 2.32 bits per heavy atom. The molecule has 19 heavy (non-hydrogen) atoms. The Balaban J connectivity index is 2.20. The van der Waals surface area contributed by atoms with E-state index in [0.29, 0.717) is 0 Å². The number of benzene rings is 2. The van der Waals surface area contributed by atoms with Crippen LogP contribution >= 0.6 is 0 Å². The molecule has 2 nitrogen and oxygen atoms in total. The van der Waals surface area contributed by atoms with E-state index in [9.17, 15) is 4.79 Å². The third-order valence-electron chi connectivity index (χ3n) is 3.05. The lowest BCUT2D eigenvalue weighted by Gasteiger charge is -2.07. The average molecular weight is 252 g/mol. The monoisotopic (exact) mass is 252 g/mol. The van der Waals surface area contributed by atoms with Gasteiger partial charge in [-0.3, -0.25) is 4.79 Å². The highest BCUT2D eigenvalue weighted by Gasteiger charge is 2.12. The van der Waals surface area contributed by atoms with Crippen molar-refractivity contribution in [2.24, 2.45) is 0 Å². The first-order valence-corrected chi connectivity index (χ1v) is 6.23. The fourth-order valence-electron chi connectivity index (χ4n) is 1.83. The van der Waals surface area contributed by atoms with Gasteiger partial charge >= 0.3 is 5.97 Å². The number of carboxylic acids is 1. The van der Waals surface area contributed by atoms with Gasteiger partial charge in [0.25, 0.3) is 0 Å². The molecule has 0 heterocycles. The second-order valence-corrected chi connectivity index (χ2v) is 4.47. The molecule has 1 N–H and O–H groups in total. The molecule has 0 amide bonds. The molecule has 0 aliphatic heterocycles. The standard InChI is InChI=1S/C17H16O2/c1-13(17(18)19)16-9-5-8-15(12-16)11-10-14-6-3-2-4-7-14/h2-13H,1H3,(H,18,19). The van der Waals surface area contributed by atoms with Gasteiger partial charge in [0.05, 0.1) is 5.92 Å². The van der Waals surface area contributed by atoms with Gasteiger partial charge in [0, 0.05) is 0 Å². The first-order chi connectivity index (χ1) is 9.16. The van der Waals surface area contributed by atoms with Crippen LogP contribution < -0.4 is 0 Å². The minimum Gasteiger partial charge on any atom is -0.481 e. The van der Waals surface area contributed by atoms with Gasteiger partial charge in [-0.1, -0.05) is 66.7 Å². The number of carboxylic acid groups (broad SMARTS) is 1. The zero-order chi connectivity index (χ0) is 13.7. The molecule has 0 saturated heterocycles. The molecule has 2 aromatic rings. The molecule has 0 aliphatic carbocycles. The molecule has 0 aliphatic rings. The first-order valence-electron chi connectivity index (χ1n) is 6.23. The highest BCUT2D eigenvalue weighted by atomic mass is 16.4. The maximum Gasteiger partial charge on any atom is 0.310 e. The van der Waals surface area contributed by atoms with Gasteiger partial charge in [0.1, 0.15) is 0 Å². The van der Waals surface area contributed by atoms with E-state index in [0.717, 1.165) is 16.7 Å². The number of carbonyl (C=O) groups is 1. The largest absolute Gasteiger partial charge is 0.481 e. The van der Waals surface area contributed by atoms with E-state index in [1.165, 1.54) is 0 Å². The summed E-state index contributed by atoms with van der Waals surface area (Å²) in [7, 11) is 0. The number of hydrogen-bond acceptors (Lipinski definition) is 1. The predicted molar refractivity (Wildman–Crippen MR) is 77.9 cm³/mol. The van der Waals surface area contributed by atoms with Crippen molar-refractivity contribution in [3.05, 3.63) is 71.3 Å². The van der Waals surface area contributed by atoms with Crippen LogP contribution in [0.2, 0.25) is 0 Å². The van der Waals surface area contributed by atoms with Gasteiger partial charge in [0.2, 0.25) is 0 Å². The van der Waals surface area contributed by atoms with E-state index in [1.54, 1.807) is 6.92 Å². The second-order valence-electron chi connectivity index (χ2n) is 4.47. The van der Waals surface area contributed by atoms with Crippen LogP contribution in [0.3, 0.4) is 0 Å². The van der Waals surface area contributed by atoms with Gasteiger partial charge in [-0.05, 0) is 23.6 Å². The average Bonchev–Trinajstić information content (AvgIpc) is 2.45. The summed E-state index contributed by atoms with van der Waals surface area (Å²) in [6.45, 7) is 1.70. The summed E-state index contributed by atoms with van der Waals surface area (Å²) < 4.78 is 0. The predicted octanol–water partition coefficient (Wildman–Crippen LogP) is 4.05. The normalized spacial score (nSPS) is 12.5. The third-order valence-corrected chi connectivity index (χ3v) is 3.05. The lowest BCUT2D eigenvalue weighted by atomic mass is 9.99. The molecule has 0 radical (unpaired) electrons. The van der Waals surface area contributed by atoms with Crippen molar-refractivity contribution in [1.82, 2.24) is 0 Å². The number of hydrogen-bond donors (Lipinski definition) is 1. The zero-order valence-corrected chi connectivity index (χ0v) is 10.8. The first kappa shape index (κ1) is 13.1. The Morgan fingerprint density at radius 1 is 1.00 bits per heavy atom. The van der Waals surface area contributed by atoms with Crippen molar-refractivity contribution in [2.75, 3.05) is 0 Å². The van der Waals surface area contributed by atoms with Crippen LogP contribution in [0.1, 0.15) is 29.5 Å². The molecule has 1 atom stereocenters. The summed E-state index contributed by atoms with van der Waals surface area (Å²) in [5, 5.41) is 9.02. The van der Waals surface area contributed by atoms with Gasteiger partial charge < -0.3 is 5.11 Å². The molecule has 2 rings (SSSR count). The summed E-state index contributed by atoms with van der Waals surface area (Å²) in [6.07, 6.45) is 4.01. The van der Waals surface area contributed by atoms with Crippen molar-refractivity contribution in [1.29, 1.82) is 0 Å². The van der Waals surface area contributed by atoms with Gasteiger partial charge in [-0.25, -0.2) is 0 Å². The fraction of sp³-hybridized carbons (Fsp3) is 0.118. The molecule has 0 bridgehead atoms. The Bertz CT molecular complexity index is 585. The number of aliphatic carboxylic acids is 1. The lowest BCUT2D eigenvalue weighted by Crippen LogP contribution is -2.07. The Morgan fingerprint density at radius 2 is 1.63 bits per heavy atom. The Hall–Kier alpha value is -2.35. The minimum absolute atomic E-state index is 0.481. The molecule has 1 unspecified atom stereocenters. The van der Waals surface area contributed by atoms with Crippen molar-refractivity contribution in [3.8, 4) is 0 Å². The van der Waals surface area contributed by atoms with E-state index in [-0.39, 0.29) is 0 Å². The van der Waals surface area contributed by atoms with E-state index in [4.69, 9.17) is 5.11 Å². The van der Waals surface area contributed by atoms with E-state index in [1.807, 2.05) is 66.7 Å². The number of rotatable bonds is 4. The minimum atomic E-state index is -0.802. The maximum absolute atomic E-state index is 11.0. The summed E-state index contributed by atoms with van der Waals surface area (Å²) in [4.78, 5) is 11.0. The topological polar surface area (TPSA) is 37.3 Å².